The number of aromatic nitrogens is 1. The highest BCUT2D eigenvalue weighted by Crippen LogP contribution is 2.31. The van der Waals surface area contributed by atoms with Gasteiger partial charge >= 0.3 is 0 Å². The van der Waals surface area contributed by atoms with Crippen molar-refractivity contribution in [3.8, 4) is 11.3 Å². The van der Waals surface area contributed by atoms with E-state index in [0.717, 1.165) is 22.0 Å². The van der Waals surface area contributed by atoms with Crippen molar-refractivity contribution < 1.29 is 9.72 Å². The minimum Gasteiger partial charge on any atom is -0.298 e. The van der Waals surface area contributed by atoms with Gasteiger partial charge in [0, 0.05) is 28.1 Å². The van der Waals surface area contributed by atoms with Crippen molar-refractivity contribution in [1.29, 1.82) is 0 Å². The number of hydrogen-bond acceptors (Lipinski definition) is 5. The summed E-state index contributed by atoms with van der Waals surface area (Å²) in [4.78, 5) is 27.5. The molecular formula is C21H15N3O3S. The zero-order valence-corrected chi connectivity index (χ0v) is 15.7. The summed E-state index contributed by atoms with van der Waals surface area (Å²) in [6, 6.07) is 18.4. The molecular weight excluding hydrogens is 374 g/mol. The predicted molar refractivity (Wildman–Crippen MR) is 111 cm³/mol. The second-order valence-electron chi connectivity index (χ2n) is 6.28. The van der Waals surface area contributed by atoms with E-state index in [-0.39, 0.29) is 11.6 Å². The fourth-order valence-electron chi connectivity index (χ4n) is 3.07. The van der Waals surface area contributed by atoms with E-state index in [9.17, 15) is 14.9 Å². The molecule has 0 bridgehead atoms. The maximum Gasteiger partial charge on any atom is 0.272 e. The molecule has 0 saturated heterocycles. The van der Waals surface area contributed by atoms with Crippen molar-refractivity contribution in [3.63, 3.8) is 0 Å². The largest absolute Gasteiger partial charge is 0.298 e. The number of nitro benzene ring substituents is 1. The average Bonchev–Trinajstić information content (AvgIpc) is 3.15. The summed E-state index contributed by atoms with van der Waals surface area (Å²) in [5, 5.41) is 18.3. The van der Waals surface area contributed by atoms with Crippen LogP contribution in [0.5, 0.6) is 0 Å². The lowest BCUT2D eigenvalue weighted by atomic mass is 10.0. The number of hydrogen-bond donors (Lipinski definition) is 1. The van der Waals surface area contributed by atoms with Crippen LogP contribution in [0, 0.1) is 17.0 Å². The van der Waals surface area contributed by atoms with Crippen LogP contribution in [0.25, 0.3) is 22.0 Å². The number of thiazole rings is 1. The van der Waals surface area contributed by atoms with Crippen LogP contribution in [-0.4, -0.2) is 15.8 Å². The number of rotatable bonds is 4. The molecule has 138 valence electrons. The number of nitro groups is 1. The van der Waals surface area contributed by atoms with Gasteiger partial charge in [0.05, 0.1) is 10.6 Å². The third-order valence-corrected chi connectivity index (χ3v) is 5.20. The van der Waals surface area contributed by atoms with Crippen LogP contribution < -0.4 is 5.32 Å². The second-order valence-corrected chi connectivity index (χ2v) is 7.14. The van der Waals surface area contributed by atoms with Gasteiger partial charge in [-0.3, -0.25) is 20.2 Å². The zero-order valence-electron chi connectivity index (χ0n) is 14.9. The summed E-state index contributed by atoms with van der Waals surface area (Å²) >= 11 is 1.34. The van der Waals surface area contributed by atoms with Gasteiger partial charge in [0.1, 0.15) is 0 Å². The molecule has 3 aromatic carbocycles. The first-order chi connectivity index (χ1) is 13.5. The summed E-state index contributed by atoms with van der Waals surface area (Å²) < 4.78 is 0. The van der Waals surface area contributed by atoms with E-state index in [0.29, 0.717) is 16.3 Å². The van der Waals surface area contributed by atoms with Gasteiger partial charge in [-0.1, -0.05) is 42.5 Å². The van der Waals surface area contributed by atoms with Crippen LogP contribution in [0.3, 0.4) is 0 Å². The smallest absolute Gasteiger partial charge is 0.272 e. The molecule has 0 unspecified atom stereocenters. The molecule has 0 fully saturated rings. The first kappa shape index (κ1) is 17.8. The van der Waals surface area contributed by atoms with Crippen LogP contribution in [0.2, 0.25) is 0 Å². The van der Waals surface area contributed by atoms with Crippen molar-refractivity contribution in [1.82, 2.24) is 4.98 Å². The third kappa shape index (κ3) is 3.35. The number of carbonyl (C=O) groups excluding carboxylic acids is 1. The van der Waals surface area contributed by atoms with E-state index in [1.54, 1.807) is 6.92 Å². The molecule has 1 heterocycles. The van der Waals surface area contributed by atoms with Crippen molar-refractivity contribution in [3.05, 3.63) is 87.3 Å². The minimum absolute atomic E-state index is 0.0101. The number of benzene rings is 3. The maximum atomic E-state index is 12.5. The third-order valence-electron chi connectivity index (χ3n) is 4.45. The lowest BCUT2D eigenvalue weighted by Gasteiger charge is -2.04. The van der Waals surface area contributed by atoms with Gasteiger partial charge in [0.2, 0.25) is 0 Å². The van der Waals surface area contributed by atoms with Crippen LogP contribution in [-0.2, 0) is 0 Å². The number of fused-ring (bicyclic) bond motifs is 1. The zero-order chi connectivity index (χ0) is 19.7. The SMILES string of the molecule is Cc1cc(C(=O)Nc2nc(-c3cccc4ccccc34)cs2)ccc1[N+](=O)[O-]. The van der Waals surface area contributed by atoms with E-state index >= 15 is 0 Å². The quantitative estimate of drug-likeness (QED) is 0.372. The summed E-state index contributed by atoms with van der Waals surface area (Å²) in [5.41, 5.74) is 2.57. The van der Waals surface area contributed by atoms with Crippen LogP contribution in [0.15, 0.2) is 66.0 Å². The molecule has 0 spiro atoms. The highest BCUT2D eigenvalue weighted by Gasteiger charge is 2.15. The Morgan fingerprint density at radius 2 is 1.89 bits per heavy atom. The Morgan fingerprint density at radius 1 is 1.11 bits per heavy atom. The molecule has 4 rings (SSSR count). The fraction of sp³-hybridized carbons (Fsp3) is 0.0476. The van der Waals surface area contributed by atoms with Gasteiger partial charge in [0.15, 0.2) is 5.13 Å². The molecule has 0 aliphatic rings. The summed E-state index contributed by atoms with van der Waals surface area (Å²) in [6.07, 6.45) is 0. The molecule has 0 saturated carbocycles. The van der Waals surface area contributed by atoms with Crippen molar-refractivity contribution in [2.45, 2.75) is 6.92 Å². The molecule has 4 aromatic rings. The number of nitrogens with zero attached hydrogens (tertiary/aromatic N) is 2. The molecule has 0 atom stereocenters. The highest BCUT2D eigenvalue weighted by atomic mass is 32.1. The molecule has 0 aliphatic carbocycles. The Bertz CT molecular complexity index is 1210. The molecule has 6 nitrogen and oxygen atoms in total. The van der Waals surface area contributed by atoms with Crippen LogP contribution >= 0.6 is 11.3 Å². The van der Waals surface area contributed by atoms with Gasteiger partial charge in [-0.05, 0) is 29.8 Å². The Kier molecular flexibility index (Phi) is 4.58. The lowest BCUT2D eigenvalue weighted by molar-refractivity contribution is -0.385. The molecule has 1 amide bonds. The lowest BCUT2D eigenvalue weighted by Crippen LogP contribution is -2.12. The molecule has 1 aromatic heterocycles. The monoisotopic (exact) mass is 389 g/mol. The van der Waals surface area contributed by atoms with E-state index < -0.39 is 4.92 Å². The molecule has 0 radical (unpaired) electrons. The highest BCUT2D eigenvalue weighted by molar-refractivity contribution is 7.14. The van der Waals surface area contributed by atoms with Gasteiger partial charge in [-0.15, -0.1) is 11.3 Å². The predicted octanol–water partition coefficient (Wildman–Crippen LogP) is 5.43. The van der Waals surface area contributed by atoms with Crippen LogP contribution in [0.1, 0.15) is 15.9 Å². The van der Waals surface area contributed by atoms with E-state index in [1.165, 1.54) is 29.5 Å². The van der Waals surface area contributed by atoms with E-state index in [4.69, 9.17) is 0 Å². The molecule has 28 heavy (non-hydrogen) atoms. The number of nitrogens with one attached hydrogen (secondary N) is 1. The maximum absolute atomic E-state index is 12.5. The Balaban J connectivity index is 1.59. The Labute approximate surface area is 164 Å². The molecule has 7 heteroatoms. The summed E-state index contributed by atoms with van der Waals surface area (Å²) in [6.45, 7) is 1.61. The summed E-state index contributed by atoms with van der Waals surface area (Å²) in [7, 11) is 0. The van der Waals surface area contributed by atoms with Crippen molar-refractivity contribution in [2.75, 3.05) is 5.32 Å². The number of carbonyl (C=O) groups is 1. The Hall–Kier alpha value is -3.58. The fourth-order valence-corrected chi connectivity index (χ4v) is 3.78. The number of amides is 1. The van der Waals surface area contributed by atoms with Gasteiger partial charge in [-0.2, -0.15) is 0 Å². The molecule has 1 N–H and O–H groups in total. The van der Waals surface area contributed by atoms with Gasteiger partial charge < -0.3 is 0 Å². The van der Waals surface area contributed by atoms with Gasteiger partial charge in [-0.25, -0.2) is 4.98 Å². The second kappa shape index (κ2) is 7.21. The van der Waals surface area contributed by atoms with Crippen molar-refractivity contribution >= 4 is 38.8 Å². The number of anilines is 1. The normalized spacial score (nSPS) is 10.8. The first-order valence-corrected chi connectivity index (χ1v) is 9.41. The average molecular weight is 389 g/mol. The van der Waals surface area contributed by atoms with E-state index in [1.807, 2.05) is 47.8 Å². The topological polar surface area (TPSA) is 85.1 Å². The minimum atomic E-state index is -0.464. The Morgan fingerprint density at radius 3 is 2.68 bits per heavy atom. The standard InChI is InChI=1S/C21H15N3O3S/c1-13-11-15(9-10-19(13)24(26)27)20(25)23-21-22-18(12-28-21)17-8-4-6-14-5-2-3-7-16(14)17/h2-12H,1H3,(H,22,23,25). The van der Waals surface area contributed by atoms with E-state index in [2.05, 4.69) is 10.3 Å². The van der Waals surface area contributed by atoms with Crippen LogP contribution in [0.4, 0.5) is 10.8 Å². The number of aryl methyl sites for hydroxylation is 1. The molecule has 0 aliphatic heterocycles. The van der Waals surface area contributed by atoms with Gasteiger partial charge in [0.25, 0.3) is 11.6 Å². The summed E-state index contributed by atoms with van der Waals surface area (Å²) in [5.74, 6) is -0.350. The van der Waals surface area contributed by atoms with Crippen molar-refractivity contribution in [2.24, 2.45) is 0 Å². The first-order valence-electron chi connectivity index (χ1n) is 8.53.